The zero-order chi connectivity index (χ0) is 20.5. The zero-order valence-electron chi connectivity index (χ0n) is 17.3. The van der Waals surface area contributed by atoms with Crippen LogP contribution in [0, 0.1) is 25.2 Å². The van der Waals surface area contributed by atoms with E-state index >= 15 is 0 Å². The second kappa shape index (κ2) is 8.31. The molecule has 2 atom stereocenters. The van der Waals surface area contributed by atoms with Crippen LogP contribution in [0.2, 0.25) is 0 Å². The maximum atomic E-state index is 13.0. The molecule has 0 bridgehead atoms. The van der Waals surface area contributed by atoms with E-state index in [4.69, 9.17) is 4.74 Å². The van der Waals surface area contributed by atoms with E-state index in [9.17, 15) is 10.1 Å². The third-order valence-corrected chi connectivity index (χ3v) is 7.36. The van der Waals surface area contributed by atoms with Gasteiger partial charge in [-0.2, -0.15) is 5.26 Å². The van der Waals surface area contributed by atoms with E-state index in [0.29, 0.717) is 24.5 Å². The molecule has 1 fully saturated rings. The molecule has 1 amide bonds. The Morgan fingerprint density at radius 2 is 2.28 bits per heavy atom. The highest BCUT2D eigenvalue weighted by atomic mass is 32.1. The topological polar surface area (TPSA) is 70.3 Å². The molecule has 6 nitrogen and oxygen atoms in total. The molecule has 2 aromatic heterocycles. The standard InChI is InChI=1S/C22H28N4O2S/c1-14-15(2)26(12-17-5-4-9-28-17)22(19(14)11-23)24-21(27)13-25-8-6-20-18(16(25)3)7-10-29-20/h7,10,16-17H,4-6,8-9,12-13H2,1-3H3,(H,24,27)/t16-,17+/m0/s1. The molecule has 0 aliphatic carbocycles. The first-order valence-electron chi connectivity index (χ1n) is 10.3. The number of nitrogens with zero attached hydrogens (tertiary/aromatic N) is 3. The van der Waals surface area contributed by atoms with Gasteiger partial charge in [-0.15, -0.1) is 11.3 Å². The molecule has 154 valence electrons. The summed E-state index contributed by atoms with van der Waals surface area (Å²) >= 11 is 1.80. The molecule has 29 heavy (non-hydrogen) atoms. The number of amides is 1. The van der Waals surface area contributed by atoms with Crippen molar-refractivity contribution in [2.45, 2.75) is 58.7 Å². The van der Waals surface area contributed by atoms with Gasteiger partial charge in [0.25, 0.3) is 0 Å². The number of rotatable bonds is 5. The Bertz CT molecular complexity index is 949. The number of hydrogen-bond donors (Lipinski definition) is 1. The quantitative estimate of drug-likeness (QED) is 0.811. The number of nitriles is 1. The van der Waals surface area contributed by atoms with Gasteiger partial charge in [0.05, 0.1) is 24.8 Å². The van der Waals surface area contributed by atoms with Crippen LogP contribution in [-0.4, -0.2) is 41.2 Å². The summed E-state index contributed by atoms with van der Waals surface area (Å²) in [6.07, 6.45) is 3.21. The molecule has 0 spiro atoms. The van der Waals surface area contributed by atoms with Crippen molar-refractivity contribution in [3.8, 4) is 6.07 Å². The van der Waals surface area contributed by atoms with Gasteiger partial charge in [0.15, 0.2) is 0 Å². The van der Waals surface area contributed by atoms with Gasteiger partial charge in [-0.25, -0.2) is 0 Å². The highest BCUT2D eigenvalue weighted by Gasteiger charge is 2.28. The van der Waals surface area contributed by atoms with Crippen molar-refractivity contribution in [2.24, 2.45) is 0 Å². The van der Waals surface area contributed by atoms with Gasteiger partial charge in [-0.3, -0.25) is 9.69 Å². The van der Waals surface area contributed by atoms with Crippen molar-refractivity contribution >= 4 is 23.1 Å². The van der Waals surface area contributed by atoms with E-state index in [-0.39, 0.29) is 18.1 Å². The number of fused-ring (bicyclic) bond motifs is 1. The Hall–Kier alpha value is -2.14. The molecule has 0 unspecified atom stereocenters. The molecule has 4 rings (SSSR count). The first-order chi connectivity index (χ1) is 14.0. The highest BCUT2D eigenvalue weighted by Crippen LogP contribution is 2.33. The summed E-state index contributed by atoms with van der Waals surface area (Å²) in [6, 6.07) is 4.69. The Kier molecular flexibility index (Phi) is 5.77. The van der Waals surface area contributed by atoms with E-state index < -0.39 is 0 Å². The minimum absolute atomic E-state index is 0.0712. The van der Waals surface area contributed by atoms with E-state index in [1.807, 2.05) is 13.8 Å². The van der Waals surface area contributed by atoms with E-state index in [1.165, 1.54) is 10.4 Å². The van der Waals surface area contributed by atoms with Gasteiger partial charge in [0.1, 0.15) is 11.9 Å². The van der Waals surface area contributed by atoms with Crippen molar-refractivity contribution in [3.63, 3.8) is 0 Å². The van der Waals surface area contributed by atoms with Crippen molar-refractivity contribution < 1.29 is 9.53 Å². The summed E-state index contributed by atoms with van der Waals surface area (Å²) in [7, 11) is 0. The number of ether oxygens (including phenoxy) is 1. The van der Waals surface area contributed by atoms with Gasteiger partial charge < -0.3 is 14.6 Å². The smallest absolute Gasteiger partial charge is 0.239 e. The van der Waals surface area contributed by atoms with Gasteiger partial charge in [-0.05, 0) is 62.6 Å². The number of thiophene rings is 1. The maximum Gasteiger partial charge on any atom is 0.239 e. The average molecular weight is 413 g/mol. The van der Waals surface area contributed by atoms with Crippen molar-refractivity contribution in [1.29, 1.82) is 5.26 Å². The van der Waals surface area contributed by atoms with Gasteiger partial charge in [0, 0.05) is 29.8 Å². The van der Waals surface area contributed by atoms with Crippen LogP contribution in [0.5, 0.6) is 0 Å². The number of nitrogens with one attached hydrogen (secondary N) is 1. The summed E-state index contributed by atoms with van der Waals surface area (Å²) in [6.45, 7) is 8.77. The number of hydrogen-bond acceptors (Lipinski definition) is 5. The first-order valence-corrected chi connectivity index (χ1v) is 11.2. The van der Waals surface area contributed by atoms with Crippen LogP contribution in [0.25, 0.3) is 0 Å². The van der Waals surface area contributed by atoms with Crippen molar-refractivity contribution in [2.75, 3.05) is 25.0 Å². The largest absolute Gasteiger partial charge is 0.376 e. The molecular formula is C22H28N4O2S. The molecular weight excluding hydrogens is 384 g/mol. The van der Waals surface area contributed by atoms with Crippen LogP contribution in [0.15, 0.2) is 11.4 Å². The fourth-order valence-corrected chi connectivity index (χ4v) is 5.45. The molecule has 0 radical (unpaired) electrons. The Labute approximate surface area is 176 Å². The SMILES string of the molecule is Cc1c(C#N)c(NC(=O)CN2CCc3sccc3[C@@H]2C)n(C[C@H]2CCCO2)c1C. The lowest BCUT2D eigenvalue weighted by molar-refractivity contribution is -0.118. The van der Waals surface area contributed by atoms with Crippen LogP contribution < -0.4 is 5.32 Å². The lowest BCUT2D eigenvalue weighted by Gasteiger charge is -2.33. The monoisotopic (exact) mass is 412 g/mol. The fraction of sp³-hybridized carbons (Fsp3) is 0.545. The van der Waals surface area contributed by atoms with Crippen LogP contribution in [0.1, 0.15) is 53.1 Å². The minimum atomic E-state index is -0.0712. The average Bonchev–Trinajstić information content (AvgIpc) is 3.42. The summed E-state index contributed by atoms with van der Waals surface area (Å²) < 4.78 is 7.85. The van der Waals surface area contributed by atoms with E-state index in [0.717, 1.165) is 43.7 Å². The molecule has 7 heteroatoms. The predicted molar refractivity (Wildman–Crippen MR) is 114 cm³/mol. The fourth-order valence-electron chi connectivity index (χ4n) is 4.48. The molecule has 2 aliphatic rings. The molecule has 1 N–H and O–H groups in total. The van der Waals surface area contributed by atoms with Crippen LogP contribution >= 0.6 is 11.3 Å². The second-order valence-electron chi connectivity index (χ2n) is 8.04. The summed E-state index contributed by atoms with van der Waals surface area (Å²) in [5.41, 5.74) is 3.83. The van der Waals surface area contributed by atoms with Crippen LogP contribution in [-0.2, 0) is 22.5 Å². The molecule has 4 heterocycles. The van der Waals surface area contributed by atoms with Crippen molar-refractivity contribution in [1.82, 2.24) is 9.47 Å². The normalized spacial score (nSPS) is 21.7. The highest BCUT2D eigenvalue weighted by molar-refractivity contribution is 7.10. The van der Waals surface area contributed by atoms with E-state index in [2.05, 4.69) is 39.2 Å². The van der Waals surface area contributed by atoms with Gasteiger partial charge in [-0.1, -0.05) is 0 Å². The zero-order valence-corrected chi connectivity index (χ0v) is 18.1. The molecule has 1 saturated heterocycles. The summed E-state index contributed by atoms with van der Waals surface area (Å²) in [4.78, 5) is 16.6. The molecule has 2 aromatic rings. The first kappa shape index (κ1) is 20.1. The third-order valence-electron chi connectivity index (χ3n) is 6.36. The van der Waals surface area contributed by atoms with Gasteiger partial charge >= 0.3 is 0 Å². The number of anilines is 1. The van der Waals surface area contributed by atoms with Crippen LogP contribution in [0.3, 0.4) is 0 Å². The Morgan fingerprint density at radius 3 is 3.00 bits per heavy atom. The predicted octanol–water partition coefficient (Wildman–Crippen LogP) is 3.77. The third kappa shape index (κ3) is 3.85. The number of aromatic nitrogens is 1. The van der Waals surface area contributed by atoms with Crippen LogP contribution in [0.4, 0.5) is 5.82 Å². The molecule has 0 aromatic carbocycles. The Balaban J connectivity index is 1.52. The summed E-state index contributed by atoms with van der Waals surface area (Å²) in [5, 5.41) is 14.9. The van der Waals surface area contributed by atoms with Crippen molar-refractivity contribution in [3.05, 3.63) is 38.7 Å². The lowest BCUT2D eigenvalue weighted by Crippen LogP contribution is -2.39. The summed E-state index contributed by atoms with van der Waals surface area (Å²) in [5.74, 6) is 0.544. The number of carbonyl (C=O) groups is 1. The minimum Gasteiger partial charge on any atom is -0.376 e. The lowest BCUT2D eigenvalue weighted by atomic mass is 10.0. The van der Waals surface area contributed by atoms with Gasteiger partial charge in [0.2, 0.25) is 5.91 Å². The molecule has 2 aliphatic heterocycles. The van der Waals surface area contributed by atoms with E-state index in [1.54, 1.807) is 11.3 Å². The molecule has 0 saturated carbocycles. The Morgan fingerprint density at radius 1 is 1.45 bits per heavy atom. The second-order valence-corrected chi connectivity index (χ2v) is 9.04. The maximum absolute atomic E-state index is 13.0. The number of carbonyl (C=O) groups excluding carboxylic acids is 1.